The molecule has 1 saturated heterocycles. The Balaban J connectivity index is 2.01. The molecule has 2 aromatic carbocycles. The molecule has 4 nitrogen and oxygen atoms in total. The number of amides is 1. The number of thioether (sulfide) groups is 1. The van der Waals surface area contributed by atoms with Crippen LogP contribution in [0.3, 0.4) is 0 Å². The van der Waals surface area contributed by atoms with Crippen molar-refractivity contribution in [2.24, 2.45) is 0 Å². The molecule has 25 heavy (non-hydrogen) atoms. The number of hydrogen-bond acceptors (Lipinski definition) is 5. The number of para-hydroxylation sites is 2. The molecule has 0 radical (unpaired) electrons. The molecule has 1 aliphatic rings. The van der Waals surface area contributed by atoms with Crippen LogP contribution in [0.15, 0.2) is 47.4 Å². The van der Waals surface area contributed by atoms with Crippen molar-refractivity contribution in [1.82, 2.24) is 0 Å². The second-order valence-corrected chi connectivity index (χ2v) is 7.06. The van der Waals surface area contributed by atoms with Crippen LogP contribution in [0, 0.1) is 6.92 Å². The van der Waals surface area contributed by atoms with E-state index < -0.39 is 0 Å². The summed E-state index contributed by atoms with van der Waals surface area (Å²) in [6, 6.07) is 13.2. The number of hydrogen-bond donors (Lipinski definition) is 0. The summed E-state index contributed by atoms with van der Waals surface area (Å²) in [4.78, 5) is 15.0. The molecule has 0 aromatic heterocycles. The van der Waals surface area contributed by atoms with E-state index in [1.165, 1.54) is 11.8 Å². The molecule has 1 fully saturated rings. The van der Waals surface area contributed by atoms with Crippen LogP contribution in [0.4, 0.5) is 5.69 Å². The molecule has 0 saturated carbocycles. The number of anilines is 1. The molecular formula is C19H17NO3S2. The van der Waals surface area contributed by atoms with E-state index in [0.29, 0.717) is 20.7 Å². The van der Waals surface area contributed by atoms with Crippen LogP contribution in [-0.2, 0) is 4.79 Å². The van der Waals surface area contributed by atoms with Gasteiger partial charge >= 0.3 is 0 Å². The highest BCUT2D eigenvalue weighted by atomic mass is 32.2. The van der Waals surface area contributed by atoms with E-state index in [1.807, 2.05) is 49.4 Å². The first-order chi connectivity index (χ1) is 12.1. The minimum atomic E-state index is -0.130. The second kappa shape index (κ2) is 7.29. The third-order valence-corrected chi connectivity index (χ3v) is 5.17. The van der Waals surface area contributed by atoms with Gasteiger partial charge in [0, 0.05) is 5.56 Å². The number of ether oxygens (including phenoxy) is 2. The van der Waals surface area contributed by atoms with Crippen LogP contribution in [0.25, 0.3) is 6.08 Å². The van der Waals surface area contributed by atoms with E-state index in [0.717, 1.165) is 16.8 Å². The number of carbonyl (C=O) groups excluding carboxylic acids is 1. The Morgan fingerprint density at radius 3 is 2.52 bits per heavy atom. The average molecular weight is 371 g/mol. The minimum absolute atomic E-state index is 0.130. The molecule has 0 bridgehead atoms. The molecule has 3 rings (SSSR count). The van der Waals surface area contributed by atoms with Gasteiger partial charge in [0.1, 0.15) is 0 Å². The summed E-state index contributed by atoms with van der Waals surface area (Å²) in [5.74, 6) is 1.07. The van der Waals surface area contributed by atoms with Crippen molar-refractivity contribution in [2.45, 2.75) is 6.92 Å². The van der Waals surface area contributed by atoms with Gasteiger partial charge in [-0.3, -0.25) is 9.69 Å². The first kappa shape index (κ1) is 17.5. The molecular weight excluding hydrogens is 354 g/mol. The predicted molar refractivity (Wildman–Crippen MR) is 106 cm³/mol. The molecule has 2 aromatic rings. The fourth-order valence-corrected chi connectivity index (χ4v) is 3.93. The van der Waals surface area contributed by atoms with Crippen molar-refractivity contribution in [3.05, 3.63) is 58.5 Å². The van der Waals surface area contributed by atoms with E-state index >= 15 is 0 Å². The lowest BCUT2D eigenvalue weighted by molar-refractivity contribution is -0.113. The van der Waals surface area contributed by atoms with Gasteiger partial charge in [-0.25, -0.2) is 0 Å². The second-order valence-electron chi connectivity index (χ2n) is 5.39. The van der Waals surface area contributed by atoms with Gasteiger partial charge in [0.15, 0.2) is 15.8 Å². The van der Waals surface area contributed by atoms with Gasteiger partial charge in [0.05, 0.1) is 24.8 Å². The zero-order chi connectivity index (χ0) is 18.0. The number of nitrogens with zero attached hydrogens (tertiary/aromatic N) is 1. The van der Waals surface area contributed by atoms with Crippen LogP contribution in [0.5, 0.6) is 11.5 Å². The van der Waals surface area contributed by atoms with Gasteiger partial charge in [-0.2, -0.15) is 0 Å². The Morgan fingerprint density at radius 1 is 1.08 bits per heavy atom. The van der Waals surface area contributed by atoms with Gasteiger partial charge in [-0.1, -0.05) is 54.3 Å². The predicted octanol–water partition coefficient (Wildman–Crippen LogP) is 4.42. The molecule has 0 atom stereocenters. The van der Waals surface area contributed by atoms with E-state index in [9.17, 15) is 4.79 Å². The summed E-state index contributed by atoms with van der Waals surface area (Å²) in [7, 11) is 3.16. The summed E-state index contributed by atoms with van der Waals surface area (Å²) in [5.41, 5.74) is 2.58. The summed E-state index contributed by atoms with van der Waals surface area (Å²) in [5, 5.41) is 0. The van der Waals surface area contributed by atoms with Gasteiger partial charge in [-0.05, 0) is 30.7 Å². The van der Waals surface area contributed by atoms with Crippen molar-refractivity contribution in [1.29, 1.82) is 0 Å². The number of benzene rings is 2. The molecule has 1 heterocycles. The largest absolute Gasteiger partial charge is 0.493 e. The Hall–Kier alpha value is -2.31. The minimum Gasteiger partial charge on any atom is -0.493 e. The van der Waals surface area contributed by atoms with Crippen LogP contribution in [0.2, 0.25) is 0 Å². The van der Waals surface area contributed by atoms with E-state index in [1.54, 1.807) is 25.2 Å². The number of thiocarbonyl (C=S) groups is 1. The maximum Gasteiger partial charge on any atom is 0.270 e. The van der Waals surface area contributed by atoms with Crippen molar-refractivity contribution in [3.63, 3.8) is 0 Å². The molecule has 1 aliphatic heterocycles. The third kappa shape index (κ3) is 3.27. The molecule has 0 N–H and O–H groups in total. The van der Waals surface area contributed by atoms with E-state index in [4.69, 9.17) is 21.7 Å². The third-order valence-electron chi connectivity index (χ3n) is 3.87. The topological polar surface area (TPSA) is 38.8 Å². The number of rotatable bonds is 4. The fourth-order valence-electron chi connectivity index (χ4n) is 2.66. The number of aryl methyl sites for hydroxylation is 1. The van der Waals surface area contributed by atoms with Gasteiger partial charge < -0.3 is 9.47 Å². The lowest BCUT2D eigenvalue weighted by atomic mass is 10.1. The number of carbonyl (C=O) groups is 1. The Kier molecular flexibility index (Phi) is 5.11. The highest BCUT2D eigenvalue weighted by Gasteiger charge is 2.34. The maximum absolute atomic E-state index is 12.9. The highest BCUT2D eigenvalue weighted by Crippen LogP contribution is 2.39. The lowest BCUT2D eigenvalue weighted by Crippen LogP contribution is -2.28. The summed E-state index contributed by atoms with van der Waals surface area (Å²) in [6.45, 7) is 1.96. The van der Waals surface area contributed by atoms with Gasteiger partial charge in [0.2, 0.25) is 0 Å². The summed E-state index contributed by atoms with van der Waals surface area (Å²) < 4.78 is 11.3. The van der Waals surface area contributed by atoms with Crippen LogP contribution in [-0.4, -0.2) is 24.4 Å². The van der Waals surface area contributed by atoms with Crippen molar-refractivity contribution in [2.75, 3.05) is 19.1 Å². The van der Waals surface area contributed by atoms with Crippen molar-refractivity contribution >= 4 is 46.0 Å². The lowest BCUT2D eigenvalue weighted by Gasteiger charge is -2.16. The Labute approximate surface area is 156 Å². The first-order valence-electron chi connectivity index (χ1n) is 7.61. The molecule has 0 spiro atoms. The molecule has 0 aliphatic carbocycles. The van der Waals surface area contributed by atoms with Gasteiger partial charge in [-0.15, -0.1) is 0 Å². The fraction of sp³-hybridized carbons (Fsp3) is 0.158. The number of methoxy groups -OCH3 is 2. The maximum atomic E-state index is 12.9. The average Bonchev–Trinajstić information content (AvgIpc) is 2.89. The van der Waals surface area contributed by atoms with E-state index in [-0.39, 0.29) is 5.91 Å². The summed E-state index contributed by atoms with van der Waals surface area (Å²) in [6.07, 6.45) is 1.79. The Morgan fingerprint density at radius 2 is 1.84 bits per heavy atom. The molecule has 6 heteroatoms. The van der Waals surface area contributed by atoms with Crippen molar-refractivity contribution in [3.8, 4) is 11.5 Å². The SMILES string of the molecule is COc1cccc(/C=C2\SC(=S)N(c3ccccc3C)C2=O)c1OC. The highest BCUT2D eigenvalue weighted by molar-refractivity contribution is 8.27. The summed E-state index contributed by atoms with van der Waals surface area (Å²) >= 11 is 6.72. The zero-order valence-corrected chi connectivity index (χ0v) is 15.7. The monoisotopic (exact) mass is 371 g/mol. The molecule has 1 amide bonds. The van der Waals surface area contributed by atoms with Crippen LogP contribution >= 0.6 is 24.0 Å². The van der Waals surface area contributed by atoms with Gasteiger partial charge in [0.25, 0.3) is 5.91 Å². The van der Waals surface area contributed by atoms with E-state index in [2.05, 4.69) is 0 Å². The molecule has 128 valence electrons. The van der Waals surface area contributed by atoms with Crippen LogP contribution < -0.4 is 14.4 Å². The standard InChI is InChI=1S/C19H17NO3S2/c1-12-7-4-5-9-14(12)20-18(21)16(25-19(20)24)11-13-8-6-10-15(22-2)17(13)23-3/h4-11H,1-3H3/b16-11-. The van der Waals surface area contributed by atoms with Crippen LogP contribution in [0.1, 0.15) is 11.1 Å². The normalized spacial score (nSPS) is 15.8. The molecule has 0 unspecified atom stereocenters. The smallest absolute Gasteiger partial charge is 0.270 e. The van der Waals surface area contributed by atoms with Crippen molar-refractivity contribution < 1.29 is 14.3 Å². The Bertz CT molecular complexity index is 877. The zero-order valence-electron chi connectivity index (χ0n) is 14.1. The first-order valence-corrected chi connectivity index (χ1v) is 8.84. The quantitative estimate of drug-likeness (QED) is 0.588.